The molecule has 2 aromatic rings. The van der Waals surface area contributed by atoms with Crippen LogP contribution in [0.2, 0.25) is 0 Å². The Bertz CT molecular complexity index is 870. The van der Waals surface area contributed by atoms with Gasteiger partial charge in [-0.15, -0.1) is 0 Å². The summed E-state index contributed by atoms with van der Waals surface area (Å²) in [5.74, 6) is 0.0219. The monoisotopic (exact) mass is 401 g/mol. The van der Waals surface area contributed by atoms with Gasteiger partial charge in [0.2, 0.25) is 17.7 Å². The lowest BCUT2D eigenvalue weighted by atomic mass is 9.96. The van der Waals surface area contributed by atoms with Crippen LogP contribution >= 0.6 is 0 Å². The number of nitrogens with two attached hydrogens (primary N) is 1. The fourth-order valence-corrected chi connectivity index (χ4v) is 2.46. The first-order valence-corrected chi connectivity index (χ1v) is 9.45. The number of nitrogens with one attached hydrogen (secondary N) is 2. The molecule has 0 unspecified atom stereocenters. The van der Waals surface area contributed by atoms with Crippen LogP contribution in [0.5, 0.6) is 0 Å². The third kappa shape index (κ3) is 7.02. The van der Waals surface area contributed by atoms with Crippen LogP contribution in [-0.2, 0) is 21.4 Å². The van der Waals surface area contributed by atoms with Crippen LogP contribution in [0.15, 0.2) is 28.8 Å². The number of hydrogen-bond donors (Lipinski definition) is 3. The number of para-hydroxylation sites is 1. The van der Waals surface area contributed by atoms with Crippen molar-refractivity contribution in [1.29, 1.82) is 0 Å². The van der Waals surface area contributed by atoms with Gasteiger partial charge in [-0.05, 0) is 18.6 Å². The van der Waals surface area contributed by atoms with Crippen LogP contribution in [0.4, 0.5) is 5.69 Å². The summed E-state index contributed by atoms with van der Waals surface area (Å²) < 4.78 is 5.22. The van der Waals surface area contributed by atoms with E-state index in [4.69, 9.17) is 10.3 Å². The Kier molecular flexibility index (Phi) is 7.46. The molecule has 0 aliphatic heterocycles. The molecule has 29 heavy (non-hydrogen) atoms. The highest BCUT2D eigenvalue weighted by atomic mass is 16.5. The molecule has 1 aromatic carbocycles. The number of anilines is 1. The van der Waals surface area contributed by atoms with E-state index in [0.29, 0.717) is 35.8 Å². The Morgan fingerprint density at radius 1 is 1.14 bits per heavy atom. The maximum absolute atomic E-state index is 12.3. The van der Waals surface area contributed by atoms with Gasteiger partial charge >= 0.3 is 0 Å². The first-order chi connectivity index (χ1) is 13.7. The first kappa shape index (κ1) is 22.1. The molecular weight excluding hydrogens is 374 g/mol. The van der Waals surface area contributed by atoms with Gasteiger partial charge < -0.3 is 20.9 Å². The van der Waals surface area contributed by atoms with E-state index in [2.05, 4.69) is 20.8 Å². The van der Waals surface area contributed by atoms with Crippen molar-refractivity contribution >= 4 is 23.4 Å². The molecule has 9 nitrogen and oxygen atoms in total. The second kappa shape index (κ2) is 9.81. The predicted octanol–water partition coefficient (Wildman–Crippen LogP) is 1.93. The Balaban J connectivity index is 1.86. The highest BCUT2D eigenvalue weighted by molar-refractivity contribution is 6.03. The van der Waals surface area contributed by atoms with E-state index in [9.17, 15) is 14.4 Å². The molecule has 0 radical (unpaired) electrons. The summed E-state index contributed by atoms with van der Waals surface area (Å²) in [4.78, 5) is 39.7. The number of carbonyl (C=O) groups excluding carboxylic acids is 3. The minimum Gasteiger partial charge on any atom is -0.370 e. The van der Waals surface area contributed by atoms with Crippen molar-refractivity contribution in [3.05, 3.63) is 41.5 Å². The number of rotatable bonds is 9. The molecule has 0 aliphatic carbocycles. The van der Waals surface area contributed by atoms with E-state index >= 15 is 0 Å². The molecule has 0 saturated carbocycles. The van der Waals surface area contributed by atoms with Crippen molar-refractivity contribution in [3.8, 4) is 0 Å². The lowest BCUT2D eigenvalue weighted by Gasteiger charge is -2.11. The Morgan fingerprint density at radius 3 is 2.52 bits per heavy atom. The molecule has 0 bridgehead atoms. The van der Waals surface area contributed by atoms with Crippen LogP contribution < -0.4 is 16.4 Å². The van der Waals surface area contributed by atoms with Crippen molar-refractivity contribution in [3.63, 3.8) is 0 Å². The van der Waals surface area contributed by atoms with E-state index in [1.807, 2.05) is 20.8 Å². The summed E-state index contributed by atoms with van der Waals surface area (Å²) >= 11 is 0. The average Bonchev–Trinajstić information content (AvgIpc) is 3.11. The summed E-state index contributed by atoms with van der Waals surface area (Å²) in [6, 6.07) is 6.67. The van der Waals surface area contributed by atoms with Crippen molar-refractivity contribution in [1.82, 2.24) is 15.5 Å². The van der Waals surface area contributed by atoms with E-state index in [0.717, 1.165) is 0 Å². The number of nitrogens with zero attached hydrogens (tertiary/aromatic N) is 2. The molecule has 0 spiro atoms. The summed E-state index contributed by atoms with van der Waals surface area (Å²) in [6.45, 7) is 6.13. The maximum Gasteiger partial charge on any atom is 0.253 e. The summed E-state index contributed by atoms with van der Waals surface area (Å²) in [6.07, 6.45) is 1.31. The Morgan fingerprint density at radius 2 is 1.86 bits per heavy atom. The standard InChI is InChI=1S/C20H27N5O4/c1-20(2,3)19-24-17(29-25-19)10-6-9-16(27)23-14-8-5-4-7-13(14)18(28)22-12-11-15(21)26/h4-5,7-8H,6,9-12H2,1-3H3,(H2,21,26)(H,22,28)(H,23,27). The number of carbonyl (C=O) groups is 3. The number of aryl methyl sites for hydroxylation is 1. The van der Waals surface area contributed by atoms with Gasteiger partial charge in [0.1, 0.15) is 0 Å². The highest BCUT2D eigenvalue weighted by Gasteiger charge is 2.21. The third-order valence-corrected chi connectivity index (χ3v) is 4.04. The normalized spacial score (nSPS) is 11.1. The summed E-state index contributed by atoms with van der Waals surface area (Å²) in [5, 5.41) is 9.31. The number of amides is 3. The zero-order valence-corrected chi connectivity index (χ0v) is 16.9. The highest BCUT2D eigenvalue weighted by Crippen LogP contribution is 2.19. The zero-order valence-electron chi connectivity index (χ0n) is 16.9. The van der Waals surface area contributed by atoms with E-state index in [1.54, 1.807) is 24.3 Å². The molecule has 1 heterocycles. The van der Waals surface area contributed by atoms with Gasteiger partial charge in [0.05, 0.1) is 11.3 Å². The minimum atomic E-state index is -0.497. The van der Waals surface area contributed by atoms with Crippen LogP contribution in [0.25, 0.3) is 0 Å². The predicted molar refractivity (Wildman–Crippen MR) is 107 cm³/mol. The molecule has 0 fully saturated rings. The van der Waals surface area contributed by atoms with Gasteiger partial charge in [-0.3, -0.25) is 14.4 Å². The molecule has 4 N–H and O–H groups in total. The molecule has 9 heteroatoms. The minimum absolute atomic E-state index is 0.0485. The molecule has 1 aromatic heterocycles. The van der Waals surface area contributed by atoms with Crippen molar-refractivity contribution in [2.75, 3.05) is 11.9 Å². The number of primary amides is 1. The number of benzene rings is 1. The van der Waals surface area contributed by atoms with Crippen LogP contribution in [0, 0.1) is 0 Å². The topological polar surface area (TPSA) is 140 Å². The second-order valence-corrected chi connectivity index (χ2v) is 7.68. The number of hydrogen-bond acceptors (Lipinski definition) is 6. The first-order valence-electron chi connectivity index (χ1n) is 9.45. The fraction of sp³-hybridized carbons (Fsp3) is 0.450. The van der Waals surface area contributed by atoms with E-state index in [-0.39, 0.29) is 36.6 Å². The molecule has 0 aliphatic rings. The van der Waals surface area contributed by atoms with Crippen molar-refractivity contribution in [2.24, 2.45) is 5.73 Å². The maximum atomic E-state index is 12.3. The van der Waals surface area contributed by atoms with E-state index < -0.39 is 5.91 Å². The SMILES string of the molecule is CC(C)(C)c1noc(CCCC(=O)Nc2ccccc2C(=O)NCCC(N)=O)n1. The van der Waals surface area contributed by atoms with Crippen molar-refractivity contribution < 1.29 is 18.9 Å². The molecule has 156 valence electrons. The Hall–Kier alpha value is -3.23. The number of aromatic nitrogens is 2. The summed E-state index contributed by atoms with van der Waals surface area (Å²) in [5.41, 5.74) is 5.59. The summed E-state index contributed by atoms with van der Waals surface area (Å²) in [7, 11) is 0. The van der Waals surface area contributed by atoms with Gasteiger partial charge in [0.15, 0.2) is 5.82 Å². The molecule has 0 atom stereocenters. The van der Waals surface area contributed by atoms with Crippen LogP contribution in [-0.4, -0.2) is 34.4 Å². The van der Waals surface area contributed by atoms with Crippen LogP contribution in [0.1, 0.15) is 62.1 Å². The van der Waals surface area contributed by atoms with Gasteiger partial charge in [-0.25, -0.2) is 0 Å². The quantitative estimate of drug-likeness (QED) is 0.586. The van der Waals surface area contributed by atoms with E-state index in [1.165, 1.54) is 0 Å². The Labute approximate surface area is 169 Å². The molecular formula is C20H27N5O4. The van der Waals surface area contributed by atoms with Crippen LogP contribution in [0.3, 0.4) is 0 Å². The third-order valence-electron chi connectivity index (χ3n) is 4.04. The molecule has 0 saturated heterocycles. The lowest BCUT2D eigenvalue weighted by molar-refractivity contribution is -0.118. The van der Waals surface area contributed by atoms with Gasteiger partial charge in [-0.2, -0.15) is 4.98 Å². The smallest absolute Gasteiger partial charge is 0.253 e. The van der Waals surface area contributed by atoms with Crippen molar-refractivity contribution in [2.45, 2.75) is 51.9 Å². The molecule has 2 rings (SSSR count). The lowest BCUT2D eigenvalue weighted by Crippen LogP contribution is -2.28. The average molecular weight is 401 g/mol. The fourth-order valence-electron chi connectivity index (χ4n) is 2.46. The van der Waals surface area contributed by atoms with Gasteiger partial charge in [0.25, 0.3) is 5.91 Å². The van der Waals surface area contributed by atoms with Gasteiger partial charge in [0, 0.05) is 31.2 Å². The largest absolute Gasteiger partial charge is 0.370 e. The molecule has 3 amide bonds. The van der Waals surface area contributed by atoms with Gasteiger partial charge in [-0.1, -0.05) is 38.1 Å². The zero-order chi connectivity index (χ0) is 21.4. The second-order valence-electron chi connectivity index (χ2n) is 7.68.